The molecule has 0 aliphatic carbocycles. The fourth-order valence-corrected chi connectivity index (χ4v) is 1.10. The van der Waals surface area contributed by atoms with E-state index in [0.717, 1.165) is 0 Å². The molecule has 0 heterocycles. The van der Waals surface area contributed by atoms with E-state index in [2.05, 4.69) is 0 Å². The fourth-order valence-electron chi connectivity index (χ4n) is 1.10. The summed E-state index contributed by atoms with van der Waals surface area (Å²) in [6.45, 7) is 0. The molecule has 0 saturated heterocycles. The fraction of sp³-hybridized carbons (Fsp3) is 0.250. The van der Waals surface area contributed by atoms with Crippen LogP contribution in [0.15, 0.2) is 18.2 Å². The normalized spacial score (nSPS) is 12.7. The van der Waals surface area contributed by atoms with Crippen molar-refractivity contribution < 1.29 is 31.4 Å². The second-order valence-corrected chi connectivity index (χ2v) is 3.06. The number of rotatable bonds is 1. The van der Waals surface area contributed by atoms with Crippen LogP contribution < -0.4 is 5.46 Å². The third-order valence-electron chi connectivity index (χ3n) is 1.81. The van der Waals surface area contributed by atoms with Crippen LogP contribution in [-0.4, -0.2) is 7.48 Å². The van der Waals surface area contributed by atoms with Gasteiger partial charge in [0.15, 0.2) is 0 Å². The van der Waals surface area contributed by atoms with Crippen LogP contribution in [0.4, 0.5) is 26.3 Å². The number of halogens is 6. The van der Waals surface area contributed by atoms with Crippen LogP contribution >= 0.6 is 0 Å². The maximum absolute atomic E-state index is 12.2. The Morgan fingerprint density at radius 2 is 1.19 bits per heavy atom. The van der Waals surface area contributed by atoms with E-state index in [1.807, 2.05) is 0 Å². The molecule has 0 aromatic heterocycles. The van der Waals surface area contributed by atoms with Crippen LogP contribution in [0.2, 0.25) is 0 Å². The van der Waals surface area contributed by atoms with Gasteiger partial charge in [0.1, 0.15) is 0 Å². The SMILES string of the molecule is [O]Bc1cc(C(F)(F)F)cc(C(F)(F)F)c1. The molecule has 0 amide bonds. The van der Waals surface area contributed by atoms with Gasteiger partial charge in [-0.25, -0.2) is 0 Å². The first-order valence-corrected chi connectivity index (χ1v) is 4.01. The van der Waals surface area contributed by atoms with Crippen molar-refractivity contribution in [2.75, 3.05) is 0 Å². The Bertz CT molecular complexity index is 351. The smallest absolute Gasteiger partial charge is 0.319 e. The molecule has 1 aromatic rings. The van der Waals surface area contributed by atoms with Gasteiger partial charge < -0.3 is 5.02 Å². The third kappa shape index (κ3) is 2.91. The molecule has 87 valence electrons. The second-order valence-electron chi connectivity index (χ2n) is 3.06. The molecule has 1 aromatic carbocycles. The van der Waals surface area contributed by atoms with E-state index >= 15 is 0 Å². The van der Waals surface area contributed by atoms with E-state index in [9.17, 15) is 31.4 Å². The van der Waals surface area contributed by atoms with Gasteiger partial charge in [-0.05, 0) is 11.5 Å². The summed E-state index contributed by atoms with van der Waals surface area (Å²) in [5, 5.41) is 10.4. The Hall–Kier alpha value is -1.18. The Morgan fingerprint density at radius 3 is 1.44 bits per heavy atom. The summed E-state index contributed by atoms with van der Waals surface area (Å²) in [6.07, 6.45) is -9.80. The summed E-state index contributed by atoms with van der Waals surface area (Å²) < 4.78 is 73.2. The van der Waals surface area contributed by atoms with Gasteiger partial charge in [0.05, 0.1) is 11.1 Å². The lowest BCUT2D eigenvalue weighted by Gasteiger charge is -2.12. The molecule has 0 saturated carbocycles. The van der Waals surface area contributed by atoms with Crippen molar-refractivity contribution in [2.24, 2.45) is 0 Å². The highest BCUT2D eigenvalue weighted by molar-refractivity contribution is 6.45. The Balaban J connectivity index is 3.33. The third-order valence-corrected chi connectivity index (χ3v) is 1.81. The van der Waals surface area contributed by atoms with Crippen LogP contribution in [0.25, 0.3) is 0 Å². The van der Waals surface area contributed by atoms with Crippen molar-refractivity contribution in [1.29, 1.82) is 0 Å². The van der Waals surface area contributed by atoms with E-state index in [0.29, 0.717) is 12.1 Å². The molecule has 0 bridgehead atoms. The minimum Gasteiger partial charge on any atom is -0.319 e. The quantitative estimate of drug-likeness (QED) is 0.530. The number of benzene rings is 1. The van der Waals surface area contributed by atoms with Crippen LogP contribution in [-0.2, 0) is 17.4 Å². The molecule has 0 spiro atoms. The van der Waals surface area contributed by atoms with Crippen molar-refractivity contribution in [1.82, 2.24) is 0 Å². The first-order valence-electron chi connectivity index (χ1n) is 4.01. The molecule has 0 aliphatic heterocycles. The highest BCUT2D eigenvalue weighted by Crippen LogP contribution is 2.34. The zero-order valence-electron chi connectivity index (χ0n) is 7.62. The number of hydrogen-bond donors (Lipinski definition) is 0. The Labute approximate surface area is 87.0 Å². The van der Waals surface area contributed by atoms with E-state index in [4.69, 9.17) is 0 Å². The zero-order valence-corrected chi connectivity index (χ0v) is 7.62. The molecular weight excluding hydrogens is 237 g/mol. The lowest BCUT2D eigenvalue weighted by molar-refractivity contribution is -0.142. The average molecular weight is 241 g/mol. The topological polar surface area (TPSA) is 19.9 Å². The summed E-state index contributed by atoms with van der Waals surface area (Å²) in [5.41, 5.74) is -3.47. The van der Waals surface area contributed by atoms with Crippen LogP contribution in [0.1, 0.15) is 11.1 Å². The highest BCUT2D eigenvalue weighted by Gasteiger charge is 2.36. The van der Waals surface area contributed by atoms with Gasteiger partial charge >= 0.3 is 19.8 Å². The minimum atomic E-state index is -4.90. The van der Waals surface area contributed by atoms with Crippen molar-refractivity contribution in [3.63, 3.8) is 0 Å². The minimum absolute atomic E-state index is 0.0147. The van der Waals surface area contributed by atoms with Crippen LogP contribution in [0.5, 0.6) is 0 Å². The lowest BCUT2D eigenvalue weighted by Crippen LogP contribution is -2.20. The van der Waals surface area contributed by atoms with Gasteiger partial charge in [0, 0.05) is 0 Å². The monoisotopic (exact) mass is 241 g/mol. The van der Waals surface area contributed by atoms with Crippen LogP contribution in [0, 0.1) is 0 Å². The summed E-state index contributed by atoms with van der Waals surface area (Å²) in [7, 11) is -1.13. The van der Waals surface area contributed by atoms with Gasteiger partial charge in [-0.2, -0.15) is 26.3 Å². The maximum Gasteiger partial charge on any atom is 0.416 e. The summed E-state index contributed by atoms with van der Waals surface area (Å²) in [5.74, 6) is 0. The summed E-state index contributed by atoms with van der Waals surface area (Å²) in [4.78, 5) is 0. The molecule has 1 nitrogen and oxygen atoms in total. The molecule has 0 unspecified atom stereocenters. The Kier molecular flexibility index (Phi) is 3.23. The standard InChI is InChI=1S/C8H4BF6O/c10-7(11,12)4-1-5(8(13,14)15)3-6(2-4)9-16/h1-3,9H. The van der Waals surface area contributed by atoms with Gasteiger partial charge in [-0.3, -0.25) is 0 Å². The van der Waals surface area contributed by atoms with Crippen molar-refractivity contribution in [3.8, 4) is 0 Å². The highest BCUT2D eigenvalue weighted by atomic mass is 19.4. The first-order chi connectivity index (χ1) is 7.14. The average Bonchev–Trinajstić information content (AvgIpc) is 2.14. The lowest BCUT2D eigenvalue weighted by atomic mass is 9.86. The number of alkyl halides is 6. The van der Waals surface area contributed by atoms with Crippen molar-refractivity contribution in [3.05, 3.63) is 29.3 Å². The maximum atomic E-state index is 12.2. The first kappa shape index (κ1) is 12.9. The predicted molar refractivity (Wildman–Crippen MR) is 43.9 cm³/mol. The predicted octanol–water partition coefficient (Wildman–Crippen LogP) is 2.13. The second kappa shape index (κ2) is 4.01. The largest absolute Gasteiger partial charge is 0.416 e. The van der Waals surface area contributed by atoms with Crippen molar-refractivity contribution in [2.45, 2.75) is 12.4 Å². The van der Waals surface area contributed by atoms with Gasteiger partial charge in [-0.1, -0.05) is 12.1 Å². The van der Waals surface area contributed by atoms with Gasteiger partial charge in [0.25, 0.3) is 0 Å². The molecule has 0 fully saturated rings. The Morgan fingerprint density at radius 1 is 0.812 bits per heavy atom. The molecule has 16 heavy (non-hydrogen) atoms. The molecule has 0 N–H and O–H groups in total. The van der Waals surface area contributed by atoms with Gasteiger partial charge in [-0.15, -0.1) is 0 Å². The molecule has 0 aliphatic rings. The summed E-state index contributed by atoms with van der Waals surface area (Å²) >= 11 is 0. The molecule has 0 atom stereocenters. The zero-order chi connectivity index (χ0) is 12.6. The number of hydrogen-bond acceptors (Lipinski definition) is 0. The van der Waals surface area contributed by atoms with Crippen molar-refractivity contribution >= 4 is 12.9 Å². The molecule has 8 heteroatoms. The molecular formula is C8H4BF6O. The van der Waals surface area contributed by atoms with E-state index in [1.165, 1.54) is 0 Å². The van der Waals surface area contributed by atoms with E-state index < -0.39 is 36.4 Å². The molecule has 1 rings (SSSR count). The van der Waals surface area contributed by atoms with Crippen LogP contribution in [0.3, 0.4) is 0 Å². The molecule has 1 radical (unpaired) electrons. The van der Waals surface area contributed by atoms with Gasteiger partial charge in [0.2, 0.25) is 0 Å². The summed E-state index contributed by atoms with van der Waals surface area (Å²) in [6, 6.07) is 0.823. The van der Waals surface area contributed by atoms with E-state index in [1.54, 1.807) is 0 Å². The van der Waals surface area contributed by atoms with E-state index in [-0.39, 0.29) is 6.07 Å².